The number of ether oxygens (including phenoxy) is 1. The van der Waals surface area contributed by atoms with E-state index >= 15 is 0 Å². The van der Waals surface area contributed by atoms with Gasteiger partial charge < -0.3 is 4.74 Å². The highest BCUT2D eigenvalue weighted by molar-refractivity contribution is 6.33. The molecular formula is C10H12ClNO2. The summed E-state index contributed by atoms with van der Waals surface area (Å²) in [5.74, 6) is -0.406. The van der Waals surface area contributed by atoms with Gasteiger partial charge in [0.05, 0.1) is 17.2 Å². The zero-order chi connectivity index (χ0) is 10.4. The highest BCUT2D eigenvalue weighted by Gasteiger charge is 2.10. The van der Waals surface area contributed by atoms with Gasteiger partial charge in [-0.2, -0.15) is 0 Å². The van der Waals surface area contributed by atoms with Crippen LogP contribution in [0.25, 0.3) is 0 Å². The fraction of sp³-hybridized carbons (Fsp3) is 0.400. The molecule has 1 rings (SSSR count). The molecule has 0 aliphatic carbocycles. The van der Waals surface area contributed by atoms with E-state index in [0.717, 1.165) is 12.8 Å². The Morgan fingerprint density at radius 2 is 2.43 bits per heavy atom. The van der Waals surface area contributed by atoms with E-state index in [1.165, 1.54) is 12.4 Å². The number of hydrogen-bond donors (Lipinski definition) is 0. The maximum Gasteiger partial charge on any atom is 0.341 e. The standard InChI is InChI=1S/C10H12ClNO2/c1-2-3-6-14-10(13)8-7-12-5-4-9(8)11/h4-5,7H,2-3,6H2,1H3. The number of rotatable bonds is 4. The van der Waals surface area contributed by atoms with E-state index in [-0.39, 0.29) is 0 Å². The van der Waals surface area contributed by atoms with Crippen LogP contribution in [-0.4, -0.2) is 17.6 Å². The smallest absolute Gasteiger partial charge is 0.341 e. The van der Waals surface area contributed by atoms with Crippen LogP contribution >= 0.6 is 11.6 Å². The number of nitrogens with zero attached hydrogens (tertiary/aromatic N) is 1. The molecule has 0 saturated heterocycles. The molecule has 0 aliphatic heterocycles. The van der Waals surface area contributed by atoms with Crippen LogP contribution in [0.15, 0.2) is 18.5 Å². The third-order valence-electron chi connectivity index (χ3n) is 1.72. The SMILES string of the molecule is CCCCOC(=O)c1cnccc1Cl. The van der Waals surface area contributed by atoms with Crippen molar-refractivity contribution in [1.82, 2.24) is 4.98 Å². The van der Waals surface area contributed by atoms with Gasteiger partial charge in [0.15, 0.2) is 0 Å². The van der Waals surface area contributed by atoms with E-state index in [1.807, 2.05) is 6.92 Å². The summed E-state index contributed by atoms with van der Waals surface area (Å²) in [6.45, 7) is 2.46. The molecule has 0 spiro atoms. The van der Waals surface area contributed by atoms with Crippen molar-refractivity contribution in [3.05, 3.63) is 29.0 Å². The van der Waals surface area contributed by atoms with Crippen molar-refractivity contribution in [3.63, 3.8) is 0 Å². The molecule has 0 aliphatic rings. The molecule has 1 heterocycles. The summed E-state index contributed by atoms with van der Waals surface area (Å²) in [4.78, 5) is 15.2. The van der Waals surface area contributed by atoms with Crippen LogP contribution < -0.4 is 0 Å². The van der Waals surface area contributed by atoms with Gasteiger partial charge in [0, 0.05) is 12.4 Å². The highest BCUT2D eigenvalue weighted by atomic mass is 35.5. The van der Waals surface area contributed by atoms with Gasteiger partial charge in [-0.15, -0.1) is 0 Å². The first-order valence-corrected chi connectivity index (χ1v) is 4.90. The van der Waals surface area contributed by atoms with Gasteiger partial charge in [-0.05, 0) is 12.5 Å². The second-order valence-corrected chi connectivity index (χ2v) is 3.25. The molecule has 14 heavy (non-hydrogen) atoms. The summed E-state index contributed by atoms with van der Waals surface area (Å²) in [5, 5.41) is 0.376. The Kier molecular flexibility index (Phi) is 4.40. The van der Waals surface area contributed by atoms with Crippen molar-refractivity contribution in [1.29, 1.82) is 0 Å². The van der Waals surface area contributed by atoms with E-state index in [4.69, 9.17) is 16.3 Å². The molecule has 1 aromatic rings. The Morgan fingerprint density at radius 3 is 3.07 bits per heavy atom. The molecule has 76 valence electrons. The molecule has 0 saturated carbocycles. The Morgan fingerprint density at radius 1 is 1.64 bits per heavy atom. The molecule has 0 bridgehead atoms. The largest absolute Gasteiger partial charge is 0.462 e. The number of pyridine rings is 1. The molecule has 0 atom stereocenters. The van der Waals surface area contributed by atoms with Crippen molar-refractivity contribution in [2.24, 2.45) is 0 Å². The average Bonchev–Trinajstić information content (AvgIpc) is 2.18. The number of carbonyl (C=O) groups is 1. The lowest BCUT2D eigenvalue weighted by Crippen LogP contribution is -2.07. The van der Waals surface area contributed by atoms with Crippen LogP contribution in [0.3, 0.4) is 0 Å². The van der Waals surface area contributed by atoms with Crippen LogP contribution in [-0.2, 0) is 4.74 Å². The maximum atomic E-state index is 11.4. The van der Waals surface area contributed by atoms with Gasteiger partial charge >= 0.3 is 5.97 Å². The molecule has 0 unspecified atom stereocenters. The minimum absolute atomic E-state index is 0.324. The molecule has 0 fully saturated rings. The monoisotopic (exact) mass is 213 g/mol. The Labute approximate surface area is 88.1 Å². The second-order valence-electron chi connectivity index (χ2n) is 2.84. The van der Waals surface area contributed by atoms with E-state index in [0.29, 0.717) is 17.2 Å². The molecule has 1 aromatic heterocycles. The van der Waals surface area contributed by atoms with Crippen molar-refractivity contribution in [3.8, 4) is 0 Å². The quantitative estimate of drug-likeness (QED) is 0.570. The van der Waals surface area contributed by atoms with Crippen LogP contribution in [0.1, 0.15) is 30.1 Å². The second kappa shape index (κ2) is 5.60. The van der Waals surface area contributed by atoms with E-state index in [1.54, 1.807) is 6.07 Å². The van der Waals surface area contributed by atoms with E-state index in [2.05, 4.69) is 4.98 Å². The fourth-order valence-electron chi connectivity index (χ4n) is 0.915. The summed E-state index contributed by atoms with van der Waals surface area (Å²) in [5.41, 5.74) is 0.324. The summed E-state index contributed by atoms with van der Waals surface area (Å²) in [6, 6.07) is 1.57. The molecule has 3 nitrogen and oxygen atoms in total. The summed E-state index contributed by atoms with van der Waals surface area (Å²) < 4.78 is 4.99. The molecule has 0 radical (unpaired) electrons. The molecule has 4 heteroatoms. The van der Waals surface area contributed by atoms with Gasteiger partial charge in [-0.25, -0.2) is 4.79 Å². The minimum atomic E-state index is -0.406. The van der Waals surface area contributed by atoms with Gasteiger partial charge in [0.25, 0.3) is 0 Å². The van der Waals surface area contributed by atoms with Crippen LogP contribution in [0, 0.1) is 0 Å². The van der Waals surface area contributed by atoms with Crippen molar-refractivity contribution in [2.75, 3.05) is 6.61 Å². The number of hydrogen-bond acceptors (Lipinski definition) is 3. The third kappa shape index (κ3) is 3.00. The first-order valence-electron chi connectivity index (χ1n) is 4.52. The summed E-state index contributed by atoms with van der Waals surface area (Å²) >= 11 is 5.79. The predicted octanol–water partition coefficient (Wildman–Crippen LogP) is 2.69. The summed E-state index contributed by atoms with van der Waals surface area (Å²) in [6.07, 6.45) is 4.81. The van der Waals surface area contributed by atoms with Crippen molar-refractivity contribution in [2.45, 2.75) is 19.8 Å². The lowest BCUT2D eigenvalue weighted by molar-refractivity contribution is 0.0499. The van der Waals surface area contributed by atoms with E-state index < -0.39 is 5.97 Å². The van der Waals surface area contributed by atoms with Gasteiger partial charge in [-0.1, -0.05) is 24.9 Å². The Balaban J connectivity index is 2.56. The first-order chi connectivity index (χ1) is 6.75. The maximum absolute atomic E-state index is 11.4. The van der Waals surface area contributed by atoms with Crippen LogP contribution in [0.4, 0.5) is 0 Å². The predicted molar refractivity (Wildman–Crippen MR) is 54.4 cm³/mol. The Bertz CT molecular complexity index is 315. The zero-order valence-electron chi connectivity index (χ0n) is 8.00. The first kappa shape index (κ1) is 11.0. The van der Waals surface area contributed by atoms with Gasteiger partial charge in [0.2, 0.25) is 0 Å². The molecule has 0 N–H and O–H groups in total. The van der Waals surface area contributed by atoms with Crippen molar-refractivity contribution >= 4 is 17.6 Å². The van der Waals surface area contributed by atoms with Crippen LogP contribution in [0.2, 0.25) is 5.02 Å². The average molecular weight is 214 g/mol. The number of unbranched alkanes of at least 4 members (excludes halogenated alkanes) is 1. The highest BCUT2D eigenvalue weighted by Crippen LogP contribution is 2.14. The third-order valence-corrected chi connectivity index (χ3v) is 2.05. The molecular weight excluding hydrogens is 202 g/mol. The van der Waals surface area contributed by atoms with Gasteiger partial charge in [-0.3, -0.25) is 4.98 Å². The molecule has 0 amide bonds. The topological polar surface area (TPSA) is 39.2 Å². The number of aromatic nitrogens is 1. The van der Waals surface area contributed by atoms with Crippen LogP contribution in [0.5, 0.6) is 0 Å². The lowest BCUT2D eigenvalue weighted by Gasteiger charge is -2.04. The number of halogens is 1. The van der Waals surface area contributed by atoms with E-state index in [9.17, 15) is 4.79 Å². The summed E-state index contributed by atoms with van der Waals surface area (Å²) in [7, 11) is 0. The number of esters is 1. The van der Waals surface area contributed by atoms with Crippen molar-refractivity contribution < 1.29 is 9.53 Å². The Hall–Kier alpha value is -1.09. The lowest BCUT2D eigenvalue weighted by atomic mass is 10.3. The normalized spacial score (nSPS) is 9.86. The zero-order valence-corrected chi connectivity index (χ0v) is 8.75. The molecule has 0 aromatic carbocycles. The van der Waals surface area contributed by atoms with Gasteiger partial charge in [0.1, 0.15) is 0 Å². The fourth-order valence-corrected chi connectivity index (χ4v) is 1.10. The number of carbonyl (C=O) groups excluding carboxylic acids is 1. The minimum Gasteiger partial charge on any atom is -0.462 e.